The number of furan rings is 1. The van der Waals surface area contributed by atoms with Gasteiger partial charge in [-0.25, -0.2) is 4.79 Å². The van der Waals surface area contributed by atoms with Crippen molar-refractivity contribution in [1.29, 1.82) is 0 Å². The molecule has 2 heterocycles. The number of carboxylic acid groups (broad SMARTS) is 1. The summed E-state index contributed by atoms with van der Waals surface area (Å²) in [5.41, 5.74) is 2.95. The third-order valence-corrected chi connectivity index (χ3v) is 3.87. The maximum Gasteiger partial charge on any atom is 0.371 e. The van der Waals surface area contributed by atoms with Crippen LogP contribution < -0.4 is 4.90 Å². The van der Waals surface area contributed by atoms with Gasteiger partial charge in [0.1, 0.15) is 0 Å². The average Bonchev–Trinajstić information content (AvgIpc) is 2.98. The van der Waals surface area contributed by atoms with Crippen LogP contribution in [0.15, 0.2) is 41.0 Å². The third-order valence-electron chi connectivity index (χ3n) is 3.87. The number of hydrogen-bond donors (Lipinski definition) is 1. The minimum absolute atomic E-state index is 0.0295. The number of carbonyl (C=O) groups is 1. The Hall–Kier alpha value is -2.27. The monoisotopic (exact) mass is 286 g/mol. The van der Waals surface area contributed by atoms with E-state index in [1.165, 1.54) is 6.26 Å². The Kier molecular flexibility index (Phi) is 3.66. The summed E-state index contributed by atoms with van der Waals surface area (Å²) in [6.45, 7) is 3.99. The molecular weight excluding hydrogens is 268 g/mol. The van der Waals surface area contributed by atoms with Gasteiger partial charge in [0.2, 0.25) is 5.76 Å². The molecule has 0 bridgehead atoms. The largest absolute Gasteiger partial charge is 0.475 e. The van der Waals surface area contributed by atoms with Crippen molar-refractivity contribution in [3.05, 3.63) is 42.4 Å². The maximum absolute atomic E-state index is 11.0. The fourth-order valence-corrected chi connectivity index (χ4v) is 2.63. The molecule has 21 heavy (non-hydrogen) atoms. The van der Waals surface area contributed by atoms with Crippen molar-refractivity contribution in [2.24, 2.45) is 0 Å². The summed E-state index contributed by atoms with van der Waals surface area (Å²) in [4.78, 5) is 15.6. The van der Waals surface area contributed by atoms with Gasteiger partial charge in [-0.1, -0.05) is 18.2 Å². The van der Waals surface area contributed by atoms with E-state index in [2.05, 4.69) is 22.9 Å². The van der Waals surface area contributed by atoms with Crippen molar-refractivity contribution in [3.8, 4) is 11.1 Å². The Labute approximate surface area is 123 Å². The molecule has 0 spiro atoms. The predicted molar refractivity (Wildman–Crippen MR) is 80.8 cm³/mol. The number of nitrogens with zero attached hydrogens (tertiary/aromatic N) is 2. The molecule has 1 fully saturated rings. The number of piperazine rings is 1. The Bertz CT molecular complexity index is 642. The molecule has 1 N–H and O–H groups in total. The second-order valence-corrected chi connectivity index (χ2v) is 5.31. The van der Waals surface area contributed by atoms with E-state index >= 15 is 0 Å². The molecule has 0 unspecified atom stereocenters. The van der Waals surface area contributed by atoms with Crippen LogP contribution in [0.25, 0.3) is 11.1 Å². The van der Waals surface area contributed by atoms with Crippen LogP contribution in [0.2, 0.25) is 0 Å². The second-order valence-electron chi connectivity index (χ2n) is 5.31. The minimum Gasteiger partial charge on any atom is -0.475 e. The fraction of sp³-hybridized carbons (Fsp3) is 0.312. The molecule has 1 aliphatic heterocycles. The first-order chi connectivity index (χ1) is 10.1. The molecule has 0 aliphatic carbocycles. The highest BCUT2D eigenvalue weighted by molar-refractivity contribution is 5.88. The SMILES string of the molecule is CN1CCN(c2ccccc2-c2coc(C(=O)O)c2)CC1. The van der Waals surface area contributed by atoms with Crippen LogP contribution in [-0.4, -0.2) is 49.2 Å². The zero-order valence-electron chi connectivity index (χ0n) is 12.0. The van der Waals surface area contributed by atoms with Crippen LogP contribution in [0, 0.1) is 0 Å². The molecule has 1 aromatic carbocycles. The van der Waals surface area contributed by atoms with E-state index in [-0.39, 0.29) is 5.76 Å². The molecule has 0 amide bonds. The number of aromatic carboxylic acids is 1. The Morgan fingerprint density at radius 2 is 1.90 bits per heavy atom. The topological polar surface area (TPSA) is 56.9 Å². The van der Waals surface area contributed by atoms with Gasteiger partial charge in [-0.3, -0.25) is 0 Å². The summed E-state index contributed by atoms with van der Waals surface area (Å²) < 4.78 is 5.11. The fourth-order valence-electron chi connectivity index (χ4n) is 2.63. The molecule has 110 valence electrons. The summed E-state index contributed by atoms with van der Waals surface area (Å²) in [6, 6.07) is 9.63. The number of hydrogen-bond acceptors (Lipinski definition) is 4. The van der Waals surface area contributed by atoms with Gasteiger partial charge in [0.05, 0.1) is 6.26 Å². The lowest BCUT2D eigenvalue weighted by molar-refractivity contribution is 0.0662. The number of carboxylic acids is 1. The van der Waals surface area contributed by atoms with Crippen molar-refractivity contribution >= 4 is 11.7 Å². The highest BCUT2D eigenvalue weighted by Gasteiger charge is 2.19. The maximum atomic E-state index is 11.0. The van der Waals surface area contributed by atoms with Crippen molar-refractivity contribution in [3.63, 3.8) is 0 Å². The van der Waals surface area contributed by atoms with Crippen LogP contribution in [-0.2, 0) is 0 Å². The van der Waals surface area contributed by atoms with Gasteiger partial charge in [0.15, 0.2) is 0 Å². The number of likely N-dealkylation sites (N-methyl/N-ethyl adjacent to an activating group) is 1. The zero-order valence-corrected chi connectivity index (χ0v) is 12.0. The summed E-state index contributed by atoms with van der Waals surface area (Å²) >= 11 is 0. The highest BCUT2D eigenvalue weighted by atomic mass is 16.4. The van der Waals surface area contributed by atoms with Gasteiger partial charge in [-0.2, -0.15) is 0 Å². The molecule has 1 saturated heterocycles. The van der Waals surface area contributed by atoms with Crippen LogP contribution in [0.5, 0.6) is 0 Å². The Morgan fingerprint density at radius 3 is 2.57 bits per heavy atom. The lowest BCUT2D eigenvalue weighted by Crippen LogP contribution is -2.44. The van der Waals surface area contributed by atoms with Gasteiger partial charge < -0.3 is 19.3 Å². The highest BCUT2D eigenvalue weighted by Crippen LogP contribution is 2.32. The molecule has 1 aliphatic rings. The average molecular weight is 286 g/mol. The second kappa shape index (κ2) is 5.61. The zero-order chi connectivity index (χ0) is 14.8. The number of rotatable bonds is 3. The predicted octanol–water partition coefficient (Wildman–Crippen LogP) is 2.40. The van der Waals surface area contributed by atoms with Gasteiger partial charge >= 0.3 is 5.97 Å². The van der Waals surface area contributed by atoms with Gasteiger partial charge in [0, 0.05) is 43.0 Å². The van der Waals surface area contributed by atoms with Crippen molar-refractivity contribution in [2.75, 3.05) is 38.1 Å². The van der Waals surface area contributed by atoms with E-state index < -0.39 is 5.97 Å². The van der Waals surface area contributed by atoms with E-state index in [0.29, 0.717) is 0 Å². The van der Waals surface area contributed by atoms with E-state index in [1.54, 1.807) is 6.07 Å². The van der Waals surface area contributed by atoms with Gasteiger partial charge in [0.25, 0.3) is 0 Å². The Morgan fingerprint density at radius 1 is 1.19 bits per heavy atom. The molecular formula is C16H18N2O3. The number of benzene rings is 1. The van der Waals surface area contributed by atoms with E-state index in [4.69, 9.17) is 9.52 Å². The first-order valence-electron chi connectivity index (χ1n) is 7.00. The number of anilines is 1. The van der Waals surface area contributed by atoms with Crippen molar-refractivity contribution < 1.29 is 14.3 Å². The molecule has 0 saturated carbocycles. The Balaban J connectivity index is 1.93. The van der Waals surface area contributed by atoms with Gasteiger partial charge in [-0.05, 0) is 19.2 Å². The van der Waals surface area contributed by atoms with E-state index in [1.807, 2.05) is 18.2 Å². The molecule has 0 radical (unpaired) electrons. The lowest BCUT2D eigenvalue weighted by Gasteiger charge is -2.35. The molecule has 0 atom stereocenters. The molecule has 2 aromatic rings. The van der Waals surface area contributed by atoms with Crippen molar-refractivity contribution in [1.82, 2.24) is 4.90 Å². The number of para-hydroxylation sites is 1. The normalized spacial score (nSPS) is 16.1. The smallest absolute Gasteiger partial charge is 0.371 e. The van der Waals surface area contributed by atoms with Crippen LogP contribution in [0.1, 0.15) is 10.6 Å². The van der Waals surface area contributed by atoms with Crippen molar-refractivity contribution in [2.45, 2.75) is 0 Å². The van der Waals surface area contributed by atoms with Crippen LogP contribution >= 0.6 is 0 Å². The molecule has 1 aromatic heterocycles. The van der Waals surface area contributed by atoms with Gasteiger partial charge in [-0.15, -0.1) is 0 Å². The van der Waals surface area contributed by atoms with E-state index in [0.717, 1.165) is 43.0 Å². The summed E-state index contributed by atoms with van der Waals surface area (Å²) in [7, 11) is 2.12. The molecule has 5 heteroatoms. The quantitative estimate of drug-likeness (QED) is 0.939. The molecule has 5 nitrogen and oxygen atoms in total. The first-order valence-corrected chi connectivity index (χ1v) is 7.00. The van der Waals surface area contributed by atoms with Crippen LogP contribution in [0.4, 0.5) is 5.69 Å². The molecule has 3 rings (SSSR count). The van der Waals surface area contributed by atoms with E-state index in [9.17, 15) is 4.79 Å². The first kappa shape index (κ1) is 13.7. The third kappa shape index (κ3) is 2.78. The minimum atomic E-state index is -1.04. The summed E-state index contributed by atoms with van der Waals surface area (Å²) in [6.07, 6.45) is 1.51. The summed E-state index contributed by atoms with van der Waals surface area (Å²) in [5, 5.41) is 8.98. The standard InChI is InChI=1S/C16H18N2O3/c1-17-6-8-18(9-7-17)14-5-3-2-4-13(14)12-10-15(16(19)20)21-11-12/h2-5,10-11H,6-9H2,1H3,(H,19,20). The van der Waals surface area contributed by atoms with Crippen LogP contribution in [0.3, 0.4) is 0 Å². The lowest BCUT2D eigenvalue weighted by atomic mass is 10.0. The summed E-state index contributed by atoms with van der Waals surface area (Å²) in [5.74, 6) is -1.07.